The van der Waals surface area contributed by atoms with E-state index in [9.17, 15) is 19.5 Å². The molecule has 3 rings (SSSR count). The first-order valence-corrected chi connectivity index (χ1v) is 9.45. The van der Waals surface area contributed by atoms with E-state index in [0.717, 1.165) is 16.2 Å². The van der Waals surface area contributed by atoms with Crippen molar-refractivity contribution < 1.29 is 29.4 Å². The summed E-state index contributed by atoms with van der Waals surface area (Å²) >= 11 is 2.37. The second-order valence-electron chi connectivity index (χ2n) is 5.57. The number of aromatic nitrogens is 1. The first-order valence-electron chi connectivity index (χ1n) is 7.52. The number of fused-ring (bicyclic) bond motifs is 1. The molecule has 0 spiro atoms. The highest BCUT2D eigenvalue weighted by Gasteiger charge is 2.54. The Kier molecular flexibility index (Phi) is 5.34. The summed E-state index contributed by atoms with van der Waals surface area (Å²) in [6.07, 6.45) is 0. The molecule has 3 heterocycles. The number of oxime groups is 1. The lowest BCUT2D eigenvalue weighted by molar-refractivity contribution is -0.150. The molecule has 2 amide bonds. The van der Waals surface area contributed by atoms with E-state index < -0.39 is 29.2 Å². The number of methoxy groups -OCH3 is 1. The Bertz CT molecular complexity index is 866. The van der Waals surface area contributed by atoms with E-state index in [1.807, 2.05) is 0 Å². The van der Waals surface area contributed by atoms with Gasteiger partial charge in [-0.25, -0.2) is 9.78 Å². The van der Waals surface area contributed by atoms with Crippen LogP contribution in [0.5, 0.6) is 0 Å². The van der Waals surface area contributed by atoms with Crippen LogP contribution in [0.3, 0.4) is 0 Å². The Hall–Kier alpha value is -2.64. The van der Waals surface area contributed by atoms with Crippen molar-refractivity contribution in [2.75, 3.05) is 25.2 Å². The number of anilines is 1. The number of amides is 2. The Morgan fingerprint density at radius 3 is 2.85 bits per heavy atom. The number of hydrogen-bond acceptors (Lipinski definition) is 10. The average molecular weight is 413 g/mol. The van der Waals surface area contributed by atoms with Crippen LogP contribution >= 0.6 is 23.1 Å². The largest absolute Gasteiger partial charge is 0.477 e. The van der Waals surface area contributed by atoms with Gasteiger partial charge in [0.05, 0.1) is 6.61 Å². The lowest BCUT2D eigenvalue weighted by Gasteiger charge is -2.49. The van der Waals surface area contributed by atoms with E-state index in [4.69, 9.17) is 15.7 Å². The van der Waals surface area contributed by atoms with Gasteiger partial charge in [-0.05, 0) is 5.57 Å². The Balaban J connectivity index is 1.77. The van der Waals surface area contributed by atoms with Gasteiger partial charge < -0.3 is 26.1 Å². The van der Waals surface area contributed by atoms with Crippen LogP contribution in [0.1, 0.15) is 5.69 Å². The van der Waals surface area contributed by atoms with Crippen molar-refractivity contribution in [3.8, 4) is 0 Å². The molecule has 0 aromatic carbocycles. The van der Waals surface area contributed by atoms with Crippen LogP contribution < -0.4 is 11.1 Å². The van der Waals surface area contributed by atoms with Gasteiger partial charge in [-0.3, -0.25) is 14.5 Å². The van der Waals surface area contributed by atoms with Gasteiger partial charge in [0.1, 0.15) is 22.8 Å². The van der Waals surface area contributed by atoms with Crippen LogP contribution in [0.25, 0.3) is 0 Å². The quantitative estimate of drug-likeness (QED) is 0.204. The molecule has 27 heavy (non-hydrogen) atoms. The maximum atomic E-state index is 12.5. The van der Waals surface area contributed by atoms with Crippen LogP contribution in [-0.4, -0.2) is 74.6 Å². The number of nitrogens with zero attached hydrogens (tertiary/aromatic N) is 3. The van der Waals surface area contributed by atoms with Crippen molar-refractivity contribution in [3.05, 3.63) is 22.3 Å². The number of aliphatic carboxylic acids is 1. The minimum absolute atomic E-state index is 0.0749. The zero-order valence-corrected chi connectivity index (χ0v) is 15.5. The number of ether oxygens (including phenoxy) is 1. The molecule has 2 aliphatic heterocycles. The summed E-state index contributed by atoms with van der Waals surface area (Å²) in [7, 11) is 1.44. The third kappa shape index (κ3) is 3.36. The van der Waals surface area contributed by atoms with Crippen LogP contribution in [0.2, 0.25) is 0 Å². The highest BCUT2D eigenvalue weighted by Crippen LogP contribution is 2.40. The predicted molar refractivity (Wildman–Crippen MR) is 96.4 cm³/mol. The minimum atomic E-state index is -1.24. The van der Waals surface area contributed by atoms with Gasteiger partial charge >= 0.3 is 5.97 Å². The summed E-state index contributed by atoms with van der Waals surface area (Å²) < 4.78 is 4.99. The number of carbonyl (C=O) groups is 3. The van der Waals surface area contributed by atoms with E-state index in [-0.39, 0.29) is 28.8 Å². The number of hydrogen-bond donors (Lipinski definition) is 4. The molecular weight excluding hydrogens is 398 g/mol. The maximum absolute atomic E-state index is 12.5. The summed E-state index contributed by atoms with van der Waals surface area (Å²) in [4.78, 5) is 41.4. The molecule has 1 unspecified atom stereocenters. The van der Waals surface area contributed by atoms with Gasteiger partial charge in [0.15, 0.2) is 10.8 Å². The van der Waals surface area contributed by atoms with Crippen molar-refractivity contribution in [2.24, 2.45) is 5.16 Å². The van der Waals surface area contributed by atoms with Crippen LogP contribution in [0, 0.1) is 0 Å². The Morgan fingerprint density at radius 2 is 2.30 bits per heavy atom. The molecule has 13 heteroatoms. The lowest BCUT2D eigenvalue weighted by Crippen LogP contribution is -2.71. The van der Waals surface area contributed by atoms with Crippen molar-refractivity contribution in [3.63, 3.8) is 0 Å². The van der Waals surface area contributed by atoms with Crippen molar-refractivity contribution in [2.45, 2.75) is 11.4 Å². The smallest absolute Gasteiger partial charge is 0.352 e. The second-order valence-corrected chi connectivity index (χ2v) is 7.57. The molecule has 0 radical (unpaired) electrons. The van der Waals surface area contributed by atoms with E-state index in [1.54, 1.807) is 0 Å². The van der Waals surface area contributed by atoms with Crippen molar-refractivity contribution >= 4 is 51.7 Å². The topological polar surface area (TPSA) is 167 Å². The molecule has 1 fully saturated rings. The second kappa shape index (κ2) is 7.54. The molecule has 2 atom stereocenters. The number of thioether (sulfide) groups is 1. The Morgan fingerprint density at radius 1 is 1.56 bits per heavy atom. The third-order valence-electron chi connectivity index (χ3n) is 3.93. The molecular formula is C14H15N5O6S2. The zero-order chi connectivity index (χ0) is 19.7. The molecule has 0 aliphatic carbocycles. The monoisotopic (exact) mass is 413 g/mol. The molecule has 2 aliphatic rings. The molecule has 5 N–H and O–H groups in total. The van der Waals surface area contributed by atoms with Gasteiger partial charge in [-0.1, -0.05) is 5.16 Å². The van der Waals surface area contributed by atoms with E-state index in [1.165, 1.54) is 24.3 Å². The number of rotatable bonds is 6. The third-order valence-corrected chi connectivity index (χ3v) is 5.95. The van der Waals surface area contributed by atoms with E-state index in [2.05, 4.69) is 15.5 Å². The number of β-lactam (4-membered cyclic amide) rings is 1. The first-order chi connectivity index (χ1) is 12.9. The summed E-state index contributed by atoms with van der Waals surface area (Å²) in [6, 6.07) is -0.950. The van der Waals surface area contributed by atoms with Gasteiger partial charge in [0, 0.05) is 18.2 Å². The fourth-order valence-electron chi connectivity index (χ4n) is 2.79. The summed E-state index contributed by atoms with van der Waals surface area (Å²) in [5.41, 5.74) is 5.55. The van der Waals surface area contributed by atoms with Gasteiger partial charge in [0.2, 0.25) is 0 Å². The minimum Gasteiger partial charge on any atom is -0.477 e. The van der Waals surface area contributed by atoms with Crippen LogP contribution in [-0.2, 0) is 19.1 Å². The standard InChI is InChI=1S/C14H15N5O6S2/c1-25-2-5-3-26-12-8(11(21)19(12)9(5)13(22)23)17-10(20)7(18-24)6-4-27-14(15)16-6/h4,8,12,24H,2-3H2,1H3,(H2,15,16)(H,17,20)(H,22,23)/b18-7-/t8?,12-/m0/s1. The number of nitrogens with one attached hydrogen (secondary N) is 1. The summed E-state index contributed by atoms with van der Waals surface area (Å²) in [5, 5.41) is 25.0. The van der Waals surface area contributed by atoms with Gasteiger partial charge in [0.25, 0.3) is 11.8 Å². The average Bonchev–Trinajstić information content (AvgIpc) is 3.05. The number of carboxylic acid groups (broad SMARTS) is 1. The van der Waals surface area contributed by atoms with Crippen molar-refractivity contribution in [1.82, 2.24) is 15.2 Å². The number of carbonyl (C=O) groups excluding carboxylic acids is 2. The SMILES string of the molecule is COCC1=C(C(=O)O)N2C(=O)C(NC(=O)/C(=N\O)c3csc(N)n3)[C@@H]2SC1. The molecule has 0 bridgehead atoms. The summed E-state index contributed by atoms with van der Waals surface area (Å²) in [5.74, 6) is -2.27. The number of carboxylic acids is 1. The van der Waals surface area contributed by atoms with Crippen LogP contribution in [0.15, 0.2) is 21.8 Å². The van der Waals surface area contributed by atoms with Gasteiger partial charge in [-0.15, -0.1) is 23.1 Å². The van der Waals surface area contributed by atoms with Gasteiger partial charge in [-0.2, -0.15) is 0 Å². The molecule has 1 aromatic rings. The molecule has 1 saturated heterocycles. The number of thiazole rings is 1. The van der Waals surface area contributed by atoms with Crippen LogP contribution in [0.4, 0.5) is 5.13 Å². The first kappa shape index (κ1) is 19.1. The fraction of sp³-hybridized carbons (Fsp3) is 0.357. The maximum Gasteiger partial charge on any atom is 0.352 e. The molecule has 1 aromatic heterocycles. The fourth-order valence-corrected chi connectivity index (χ4v) is 4.66. The van der Waals surface area contributed by atoms with E-state index >= 15 is 0 Å². The highest BCUT2D eigenvalue weighted by molar-refractivity contribution is 8.00. The predicted octanol–water partition coefficient (Wildman–Crippen LogP) is -0.711. The molecule has 0 saturated carbocycles. The normalized spacial score (nSPS) is 22.3. The summed E-state index contributed by atoms with van der Waals surface area (Å²) in [6.45, 7) is 0.0920. The number of nitrogens with two attached hydrogens (primary N) is 1. The van der Waals surface area contributed by atoms with Crippen molar-refractivity contribution in [1.29, 1.82) is 0 Å². The lowest BCUT2D eigenvalue weighted by atomic mass is 10.0. The molecule has 144 valence electrons. The highest BCUT2D eigenvalue weighted by atomic mass is 32.2. The van der Waals surface area contributed by atoms with E-state index in [0.29, 0.717) is 11.3 Å². The zero-order valence-electron chi connectivity index (χ0n) is 13.9. The molecule has 11 nitrogen and oxygen atoms in total. The Labute approximate surface area is 160 Å². The number of nitrogen functional groups attached to an aromatic ring is 1.